The Bertz CT molecular complexity index is 1610. The van der Waals surface area contributed by atoms with Crippen LogP contribution in [-0.2, 0) is 12.7 Å². The molecule has 5 aromatic rings. The Hall–Kier alpha value is -4.66. The Morgan fingerprint density at radius 3 is 2.47 bits per heavy atom. The first-order valence-corrected chi connectivity index (χ1v) is 11.8. The number of alkyl halides is 3. The molecule has 0 saturated heterocycles. The van der Waals surface area contributed by atoms with Gasteiger partial charge in [0.05, 0.1) is 17.0 Å². The van der Waals surface area contributed by atoms with E-state index in [4.69, 9.17) is 9.63 Å². The largest absolute Gasteiger partial charge is 0.478 e. The van der Waals surface area contributed by atoms with Crippen molar-refractivity contribution in [1.29, 1.82) is 0 Å². The highest BCUT2D eigenvalue weighted by Crippen LogP contribution is 2.36. The summed E-state index contributed by atoms with van der Waals surface area (Å²) in [7, 11) is 0. The van der Waals surface area contributed by atoms with Gasteiger partial charge in [0.25, 0.3) is 0 Å². The molecular formula is C29H22F3N3O3. The number of carboxylic acid groups (broad SMARTS) is 1. The van der Waals surface area contributed by atoms with Crippen LogP contribution in [-0.4, -0.2) is 21.2 Å². The fourth-order valence-electron chi connectivity index (χ4n) is 4.28. The zero-order chi connectivity index (χ0) is 26.9. The van der Waals surface area contributed by atoms with Gasteiger partial charge in [-0.15, -0.1) is 0 Å². The second kappa shape index (κ2) is 10.0. The maximum Gasteiger partial charge on any atom is 0.416 e. The maximum atomic E-state index is 13.7. The number of rotatable bonds is 7. The second-order valence-electron chi connectivity index (χ2n) is 8.90. The summed E-state index contributed by atoms with van der Waals surface area (Å²) in [6.07, 6.45) is -4.58. The minimum atomic E-state index is -4.58. The number of hydrogen-bond donors (Lipinski definition) is 2. The third-order valence-corrected chi connectivity index (χ3v) is 6.32. The molecule has 1 atom stereocenters. The van der Waals surface area contributed by atoms with E-state index in [1.54, 1.807) is 12.1 Å². The van der Waals surface area contributed by atoms with Gasteiger partial charge in [-0.25, -0.2) is 4.79 Å². The fourth-order valence-corrected chi connectivity index (χ4v) is 4.28. The van der Waals surface area contributed by atoms with Gasteiger partial charge in [-0.05, 0) is 59.2 Å². The molecule has 9 heteroatoms. The summed E-state index contributed by atoms with van der Waals surface area (Å²) < 4.78 is 46.6. The van der Waals surface area contributed by atoms with E-state index in [9.17, 15) is 18.0 Å². The zero-order valence-corrected chi connectivity index (χ0v) is 20.2. The van der Waals surface area contributed by atoms with E-state index in [0.29, 0.717) is 11.5 Å². The summed E-state index contributed by atoms with van der Waals surface area (Å²) in [5, 5.41) is 18.1. The van der Waals surface area contributed by atoms with Crippen molar-refractivity contribution in [3.05, 3.63) is 113 Å². The van der Waals surface area contributed by atoms with Crippen LogP contribution in [0.2, 0.25) is 0 Å². The van der Waals surface area contributed by atoms with E-state index >= 15 is 0 Å². The number of benzene rings is 4. The summed E-state index contributed by atoms with van der Waals surface area (Å²) in [5.41, 5.74) is 1.32. The number of nitrogens with one attached hydrogen (secondary N) is 1. The van der Waals surface area contributed by atoms with Crippen LogP contribution in [0.4, 0.5) is 18.9 Å². The second-order valence-corrected chi connectivity index (χ2v) is 8.90. The number of carboxylic acids is 1. The molecule has 192 valence electrons. The lowest BCUT2D eigenvalue weighted by Crippen LogP contribution is -2.08. The first-order valence-electron chi connectivity index (χ1n) is 11.8. The maximum absolute atomic E-state index is 13.7. The summed E-state index contributed by atoms with van der Waals surface area (Å²) in [4.78, 5) is 15.5. The molecule has 38 heavy (non-hydrogen) atoms. The van der Waals surface area contributed by atoms with Crippen LogP contribution in [0.3, 0.4) is 0 Å². The van der Waals surface area contributed by atoms with Crippen molar-refractivity contribution in [1.82, 2.24) is 10.1 Å². The molecule has 5 rings (SSSR count). The highest BCUT2D eigenvalue weighted by molar-refractivity contribution is 5.87. The van der Waals surface area contributed by atoms with E-state index in [2.05, 4.69) is 15.5 Å². The van der Waals surface area contributed by atoms with E-state index in [1.807, 2.05) is 49.4 Å². The molecule has 6 nitrogen and oxygen atoms in total. The molecule has 1 heterocycles. The van der Waals surface area contributed by atoms with Gasteiger partial charge >= 0.3 is 12.1 Å². The number of nitrogens with zero attached hydrogens (tertiary/aromatic N) is 2. The third kappa shape index (κ3) is 5.22. The van der Waals surface area contributed by atoms with Gasteiger partial charge in [-0.1, -0.05) is 59.8 Å². The highest BCUT2D eigenvalue weighted by atomic mass is 19.4. The molecule has 0 aliphatic carbocycles. The predicted molar refractivity (Wildman–Crippen MR) is 137 cm³/mol. The number of carbonyl (C=O) groups is 1. The molecule has 0 bridgehead atoms. The monoisotopic (exact) mass is 517 g/mol. The third-order valence-electron chi connectivity index (χ3n) is 6.32. The van der Waals surface area contributed by atoms with Gasteiger partial charge in [0.15, 0.2) is 0 Å². The van der Waals surface area contributed by atoms with Crippen molar-refractivity contribution < 1.29 is 27.6 Å². The topological polar surface area (TPSA) is 88.2 Å². The molecule has 0 fully saturated rings. The average Bonchev–Trinajstić information content (AvgIpc) is 3.41. The van der Waals surface area contributed by atoms with Crippen LogP contribution in [0, 0.1) is 0 Å². The van der Waals surface area contributed by atoms with Crippen LogP contribution >= 0.6 is 0 Å². The quantitative estimate of drug-likeness (QED) is 0.234. The van der Waals surface area contributed by atoms with E-state index in [1.165, 1.54) is 18.2 Å². The summed E-state index contributed by atoms with van der Waals surface area (Å²) in [6, 6.07) is 23.4. The van der Waals surface area contributed by atoms with Gasteiger partial charge in [-0.3, -0.25) is 0 Å². The lowest BCUT2D eigenvalue weighted by Gasteiger charge is -2.13. The molecule has 4 aromatic carbocycles. The number of hydrogen-bond acceptors (Lipinski definition) is 5. The summed E-state index contributed by atoms with van der Waals surface area (Å²) >= 11 is 0. The van der Waals surface area contributed by atoms with Crippen molar-refractivity contribution >= 4 is 22.4 Å². The van der Waals surface area contributed by atoms with Gasteiger partial charge in [0, 0.05) is 17.8 Å². The van der Waals surface area contributed by atoms with Crippen LogP contribution in [0.15, 0.2) is 89.5 Å². The minimum Gasteiger partial charge on any atom is -0.478 e. The van der Waals surface area contributed by atoms with Crippen molar-refractivity contribution in [3.63, 3.8) is 0 Å². The molecular weight excluding hydrogens is 495 g/mol. The molecule has 0 radical (unpaired) electrons. The van der Waals surface area contributed by atoms with Crippen LogP contribution < -0.4 is 5.32 Å². The molecule has 0 spiro atoms. The molecule has 1 unspecified atom stereocenters. The van der Waals surface area contributed by atoms with Crippen molar-refractivity contribution in [2.45, 2.75) is 25.6 Å². The predicted octanol–water partition coefficient (Wildman–Crippen LogP) is 7.37. The summed E-state index contributed by atoms with van der Waals surface area (Å²) in [6.45, 7) is 2.10. The normalized spacial score (nSPS) is 12.4. The Kier molecular flexibility index (Phi) is 6.59. The van der Waals surface area contributed by atoms with Crippen LogP contribution in [0.25, 0.3) is 22.2 Å². The van der Waals surface area contributed by atoms with Gasteiger partial charge in [0.1, 0.15) is 0 Å². The fraction of sp³-hybridized carbons (Fsp3) is 0.138. The number of anilines is 1. The lowest BCUT2D eigenvalue weighted by molar-refractivity contribution is -0.137. The Labute approximate surface area is 215 Å². The number of fused-ring (bicyclic) bond motifs is 1. The Morgan fingerprint density at radius 2 is 1.74 bits per heavy atom. The number of aromatic nitrogens is 2. The molecule has 0 aliphatic heterocycles. The molecule has 2 N–H and O–H groups in total. The van der Waals surface area contributed by atoms with E-state index in [0.717, 1.165) is 28.5 Å². The molecule has 0 amide bonds. The van der Waals surface area contributed by atoms with Crippen molar-refractivity contribution in [3.8, 4) is 11.4 Å². The van der Waals surface area contributed by atoms with Crippen molar-refractivity contribution in [2.75, 3.05) is 5.32 Å². The smallest absolute Gasteiger partial charge is 0.416 e. The highest BCUT2D eigenvalue weighted by Gasteiger charge is 2.32. The Morgan fingerprint density at radius 1 is 1.00 bits per heavy atom. The first-order chi connectivity index (χ1) is 18.2. The first kappa shape index (κ1) is 25.0. The standard InChI is InChI=1S/C29H22F3N3O3/c1-17(24-8-4-6-19-5-2-3-7-25(19)24)27-34-26(35-38-27)21-13-22(29(30,31)32)15-23(14-21)33-16-18-9-11-20(12-10-18)28(36)37/h2-15,17,33H,16H2,1H3,(H,36,37). The number of aromatic carboxylic acids is 1. The minimum absolute atomic E-state index is 0.0482. The number of halogens is 3. The van der Waals surface area contributed by atoms with Gasteiger partial charge in [0.2, 0.25) is 11.7 Å². The van der Waals surface area contributed by atoms with E-state index in [-0.39, 0.29) is 35.1 Å². The van der Waals surface area contributed by atoms with E-state index < -0.39 is 17.7 Å². The summed E-state index contributed by atoms with van der Waals surface area (Å²) in [5.74, 6) is -0.991. The van der Waals surface area contributed by atoms with Crippen LogP contribution in [0.1, 0.15) is 45.8 Å². The van der Waals surface area contributed by atoms with Crippen molar-refractivity contribution in [2.24, 2.45) is 0 Å². The van der Waals surface area contributed by atoms with Gasteiger partial charge in [-0.2, -0.15) is 18.2 Å². The zero-order valence-electron chi connectivity index (χ0n) is 20.2. The SMILES string of the molecule is CC(c1nc(-c2cc(NCc3ccc(C(=O)O)cc3)cc(C(F)(F)F)c2)no1)c1cccc2ccccc12. The molecule has 0 aliphatic rings. The lowest BCUT2D eigenvalue weighted by atomic mass is 9.95. The Balaban J connectivity index is 1.43. The van der Waals surface area contributed by atoms with Crippen LogP contribution in [0.5, 0.6) is 0 Å². The molecule has 1 aromatic heterocycles. The average molecular weight is 518 g/mol. The van der Waals surface area contributed by atoms with Gasteiger partial charge < -0.3 is 14.9 Å². The molecule has 0 saturated carbocycles.